The molecule has 0 radical (unpaired) electrons. The highest BCUT2D eigenvalue weighted by atomic mass is 35.5. The molecule has 1 aromatic rings. The molecule has 18 heavy (non-hydrogen) atoms. The fraction of sp³-hybridized carbons (Fsp3) is 0.571. The van der Waals surface area contributed by atoms with Crippen LogP contribution in [0.15, 0.2) is 18.2 Å². The Morgan fingerprint density at radius 1 is 1.56 bits per heavy atom. The van der Waals surface area contributed by atoms with Crippen molar-refractivity contribution in [1.29, 1.82) is 0 Å². The van der Waals surface area contributed by atoms with Gasteiger partial charge >= 0.3 is 0 Å². The lowest BCUT2D eigenvalue weighted by atomic mass is 10.1. The van der Waals surface area contributed by atoms with Crippen LogP contribution < -0.4 is 10.6 Å². The minimum Gasteiger partial charge on any atom is -0.381 e. The van der Waals surface area contributed by atoms with Crippen LogP contribution in [0.3, 0.4) is 0 Å². The summed E-state index contributed by atoms with van der Waals surface area (Å²) in [6.07, 6.45) is 1.03. The molecule has 4 heteroatoms. The number of morpholine rings is 1. The number of rotatable bonds is 4. The lowest BCUT2D eigenvalue weighted by Crippen LogP contribution is -2.43. The van der Waals surface area contributed by atoms with Gasteiger partial charge in [-0.3, -0.25) is 0 Å². The summed E-state index contributed by atoms with van der Waals surface area (Å²) in [7, 11) is 0. The third-order valence-electron chi connectivity index (χ3n) is 3.16. The summed E-state index contributed by atoms with van der Waals surface area (Å²) in [5, 5.41) is 7.71. The van der Waals surface area contributed by atoms with Gasteiger partial charge in [-0.1, -0.05) is 17.7 Å². The molecule has 0 aromatic heterocycles. The molecular formula is C14H21ClN2O. The first kappa shape index (κ1) is 13.7. The van der Waals surface area contributed by atoms with Crippen LogP contribution in [0.1, 0.15) is 18.9 Å². The van der Waals surface area contributed by atoms with Gasteiger partial charge in [-0.2, -0.15) is 0 Å². The Bertz CT molecular complexity index is 391. The highest BCUT2D eigenvalue weighted by Crippen LogP contribution is 2.24. The SMILES string of the molecule is Cc1ccc(Cl)c(NC(C)CC2COCCN2)c1. The van der Waals surface area contributed by atoms with E-state index in [1.807, 2.05) is 12.1 Å². The molecule has 0 aliphatic carbocycles. The molecule has 0 saturated carbocycles. The molecule has 1 saturated heterocycles. The normalized spacial score (nSPS) is 21.6. The summed E-state index contributed by atoms with van der Waals surface area (Å²) in [6.45, 7) is 6.82. The first-order valence-electron chi connectivity index (χ1n) is 6.49. The lowest BCUT2D eigenvalue weighted by Gasteiger charge is -2.27. The monoisotopic (exact) mass is 268 g/mol. The van der Waals surface area contributed by atoms with E-state index in [0.717, 1.165) is 36.9 Å². The molecule has 1 aliphatic rings. The molecule has 0 spiro atoms. The molecule has 0 bridgehead atoms. The quantitative estimate of drug-likeness (QED) is 0.881. The number of ether oxygens (including phenoxy) is 1. The third-order valence-corrected chi connectivity index (χ3v) is 3.49. The first-order valence-corrected chi connectivity index (χ1v) is 6.87. The maximum absolute atomic E-state index is 6.18. The van der Waals surface area contributed by atoms with Crippen molar-refractivity contribution in [2.45, 2.75) is 32.4 Å². The predicted molar refractivity (Wildman–Crippen MR) is 76.5 cm³/mol. The van der Waals surface area contributed by atoms with Gasteiger partial charge in [0.25, 0.3) is 0 Å². The van der Waals surface area contributed by atoms with Crippen LogP contribution in [-0.4, -0.2) is 31.8 Å². The van der Waals surface area contributed by atoms with E-state index in [-0.39, 0.29) is 0 Å². The smallest absolute Gasteiger partial charge is 0.0637 e. The topological polar surface area (TPSA) is 33.3 Å². The minimum absolute atomic E-state index is 0.364. The lowest BCUT2D eigenvalue weighted by molar-refractivity contribution is 0.0731. The molecule has 1 aromatic carbocycles. The zero-order chi connectivity index (χ0) is 13.0. The van der Waals surface area contributed by atoms with Crippen molar-refractivity contribution in [1.82, 2.24) is 5.32 Å². The number of halogens is 1. The Morgan fingerprint density at radius 3 is 3.11 bits per heavy atom. The van der Waals surface area contributed by atoms with Crippen molar-refractivity contribution in [3.05, 3.63) is 28.8 Å². The highest BCUT2D eigenvalue weighted by molar-refractivity contribution is 6.33. The largest absolute Gasteiger partial charge is 0.381 e. The van der Waals surface area contributed by atoms with Crippen LogP contribution in [-0.2, 0) is 4.74 Å². The van der Waals surface area contributed by atoms with Gasteiger partial charge < -0.3 is 15.4 Å². The summed E-state index contributed by atoms with van der Waals surface area (Å²) in [5.74, 6) is 0. The van der Waals surface area contributed by atoms with E-state index < -0.39 is 0 Å². The molecule has 1 aliphatic heterocycles. The zero-order valence-electron chi connectivity index (χ0n) is 11.0. The van der Waals surface area contributed by atoms with Crippen molar-refractivity contribution >= 4 is 17.3 Å². The van der Waals surface area contributed by atoms with Crippen molar-refractivity contribution in [3.63, 3.8) is 0 Å². The Balaban J connectivity index is 1.89. The third kappa shape index (κ3) is 3.87. The van der Waals surface area contributed by atoms with E-state index in [9.17, 15) is 0 Å². The summed E-state index contributed by atoms with van der Waals surface area (Å²) in [5.41, 5.74) is 2.23. The number of benzene rings is 1. The molecule has 2 rings (SSSR count). The van der Waals surface area contributed by atoms with Crippen LogP contribution in [0.4, 0.5) is 5.69 Å². The molecule has 2 atom stereocenters. The number of hydrogen-bond donors (Lipinski definition) is 2. The average molecular weight is 269 g/mol. The van der Waals surface area contributed by atoms with E-state index in [2.05, 4.69) is 30.5 Å². The Morgan fingerprint density at radius 2 is 2.39 bits per heavy atom. The van der Waals surface area contributed by atoms with Crippen molar-refractivity contribution in [2.75, 3.05) is 25.1 Å². The summed E-state index contributed by atoms with van der Waals surface area (Å²) in [6, 6.07) is 6.85. The average Bonchev–Trinajstić information content (AvgIpc) is 2.35. The fourth-order valence-electron chi connectivity index (χ4n) is 2.27. The molecule has 1 heterocycles. The summed E-state index contributed by atoms with van der Waals surface area (Å²) in [4.78, 5) is 0. The van der Waals surface area contributed by atoms with Crippen molar-refractivity contribution < 1.29 is 4.74 Å². The number of nitrogens with one attached hydrogen (secondary N) is 2. The summed E-state index contributed by atoms with van der Waals surface area (Å²) >= 11 is 6.18. The summed E-state index contributed by atoms with van der Waals surface area (Å²) < 4.78 is 5.46. The fourth-order valence-corrected chi connectivity index (χ4v) is 2.44. The zero-order valence-corrected chi connectivity index (χ0v) is 11.8. The second-order valence-corrected chi connectivity index (χ2v) is 5.40. The van der Waals surface area contributed by atoms with Gasteiger partial charge in [-0.25, -0.2) is 0 Å². The van der Waals surface area contributed by atoms with Crippen LogP contribution in [0.25, 0.3) is 0 Å². The first-order chi connectivity index (χ1) is 8.65. The Hall–Kier alpha value is -0.770. The molecule has 3 nitrogen and oxygen atoms in total. The number of aryl methyl sites for hydroxylation is 1. The maximum atomic E-state index is 6.18. The van der Waals surface area contributed by atoms with Crippen molar-refractivity contribution in [3.8, 4) is 0 Å². The molecule has 0 amide bonds. The number of hydrogen-bond acceptors (Lipinski definition) is 3. The van der Waals surface area contributed by atoms with E-state index in [1.54, 1.807) is 0 Å². The van der Waals surface area contributed by atoms with E-state index in [4.69, 9.17) is 16.3 Å². The molecule has 2 N–H and O–H groups in total. The second-order valence-electron chi connectivity index (χ2n) is 4.99. The predicted octanol–water partition coefficient (Wildman–Crippen LogP) is 2.83. The van der Waals surface area contributed by atoms with E-state index >= 15 is 0 Å². The van der Waals surface area contributed by atoms with E-state index in [1.165, 1.54) is 5.56 Å². The minimum atomic E-state index is 0.364. The second kappa shape index (κ2) is 6.41. The Kier molecular flexibility index (Phi) is 4.87. The van der Waals surface area contributed by atoms with Crippen molar-refractivity contribution in [2.24, 2.45) is 0 Å². The standard InChI is InChI=1S/C14H21ClN2O/c1-10-3-4-13(15)14(7-10)17-11(2)8-12-9-18-6-5-16-12/h3-4,7,11-12,16-17H,5-6,8-9H2,1-2H3. The van der Waals surface area contributed by atoms with Gasteiger partial charge in [-0.15, -0.1) is 0 Å². The Labute approximate surface area is 114 Å². The van der Waals surface area contributed by atoms with E-state index in [0.29, 0.717) is 12.1 Å². The van der Waals surface area contributed by atoms with Gasteiger partial charge in [0, 0.05) is 18.6 Å². The van der Waals surface area contributed by atoms with Gasteiger partial charge in [0.15, 0.2) is 0 Å². The molecular weight excluding hydrogens is 248 g/mol. The highest BCUT2D eigenvalue weighted by Gasteiger charge is 2.16. The molecule has 100 valence electrons. The van der Waals surface area contributed by atoms with Crippen LogP contribution >= 0.6 is 11.6 Å². The van der Waals surface area contributed by atoms with Crippen LogP contribution in [0.5, 0.6) is 0 Å². The maximum Gasteiger partial charge on any atom is 0.0637 e. The molecule has 2 unspecified atom stereocenters. The van der Waals surface area contributed by atoms with Gasteiger partial charge in [0.05, 0.1) is 23.9 Å². The van der Waals surface area contributed by atoms with Crippen LogP contribution in [0.2, 0.25) is 5.02 Å². The van der Waals surface area contributed by atoms with Gasteiger partial charge in [0.2, 0.25) is 0 Å². The number of anilines is 1. The molecule has 1 fully saturated rings. The van der Waals surface area contributed by atoms with Gasteiger partial charge in [-0.05, 0) is 38.0 Å². The van der Waals surface area contributed by atoms with Gasteiger partial charge in [0.1, 0.15) is 0 Å². The van der Waals surface area contributed by atoms with Crippen LogP contribution in [0, 0.1) is 6.92 Å².